The van der Waals surface area contributed by atoms with Crippen molar-refractivity contribution >= 4 is 27.3 Å². The van der Waals surface area contributed by atoms with Crippen LogP contribution in [0.15, 0.2) is 29.6 Å². The number of nitrogens with two attached hydrogens (primary N) is 1. The third-order valence-corrected chi connectivity index (χ3v) is 4.63. The van der Waals surface area contributed by atoms with Crippen molar-refractivity contribution in [1.29, 1.82) is 0 Å². The Morgan fingerprint density at radius 1 is 1.47 bits per heavy atom. The van der Waals surface area contributed by atoms with E-state index in [0.717, 1.165) is 19.6 Å². The second-order valence-corrected chi connectivity index (χ2v) is 5.76. The lowest BCUT2D eigenvalue weighted by Crippen LogP contribution is -2.56. The number of piperazine rings is 1. The van der Waals surface area contributed by atoms with Crippen molar-refractivity contribution in [3.8, 4) is 0 Å². The Morgan fingerprint density at radius 2 is 2.32 bits per heavy atom. The van der Waals surface area contributed by atoms with Crippen molar-refractivity contribution in [2.75, 3.05) is 19.6 Å². The van der Waals surface area contributed by atoms with E-state index in [2.05, 4.69) is 39.9 Å². The zero-order chi connectivity index (χ0) is 13.2. The van der Waals surface area contributed by atoms with Gasteiger partial charge in [-0.25, -0.2) is 0 Å². The van der Waals surface area contributed by atoms with Crippen LogP contribution in [0.5, 0.6) is 0 Å². The molecule has 1 saturated heterocycles. The number of benzene rings is 1. The van der Waals surface area contributed by atoms with E-state index in [0.29, 0.717) is 6.54 Å². The van der Waals surface area contributed by atoms with Crippen molar-refractivity contribution in [3.05, 3.63) is 35.2 Å². The molecule has 4 nitrogen and oxygen atoms in total. The molecule has 0 spiro atoms. The molecule has 0 bridgehead atoms. The number of amides is 1. The maximum atomic E-state index is 11.5. The largest absolute Gasteiger partial charge is 0.368 e. The Kier molecular flexibility index (Phi) is 3.50. The molecule has 1 aliphatic heterocycles. The fraction of sp³-hybridized carbons (Fsp3) is 0.357. The normalized spacial score (nSPS) is 20.7. The molecule has 3 N–H and O–H groups in total. The number of nitrogens with zero attached hydrogens (tertiary/aromatic N) is 1. The van der Waals surface area contributed by atoms with Crippen LogP contribution in [0, 0.1) is 0 Å². The third kappa shape index (κ3) is 2.49. The van der Waals surface area contributed by atoms with E-state index in [1.165, 1.54) is 15.6 Å². The lowest BCUT2D eigenvalue weighted by atomic mass is 10.1. The summed E-state index contributed by atoms with van der Waals surface area (Å²) in [7, 11) is 0. The van der Waals surface area contributed by atoms with E-state index < -0.39 is 0 Å². The first-order valence-electron chi connectivity index (χ1n) is 6.45. The second-order valence-electron chi connectivity index (χ2n) is 4.85. The standard InChI is InChI=1S/C14H17N3OS/c15-14(18)12-7-16-5-6-17(12)8-10-9-19-13-4-2-1-3-11(10)13/h1-4,9,12,16H,5-8H2,(H2,15,18). The van der Waals surface area contributed by atoms with Gasteiger partial charge < -0.3 is 11.1 Å². The molecule has 0 radical (unpaired) electrons. The van der Waals surface area contributed by atoms with Crippen molar-refractivity contribution in [2.24, 2.45) is 5.73 Å². The van der Waals surface area contributed by atoms with Gasteiger partial charge in [-0.15, -0.1) is 11.3 Å². The number of primary amides is 1. The molecule has 1 aliphatic rings. The molecule has 100 valence electrons. The van der Waals surface area contributed by atoms with Gasteiger partial charge in [-0.05, 0) is 22.4 Å². The van der Waals surface area contributed by atoms with Gasteiger partial charge in [0.05, 0.1) is 0 Å². The Bertz CT molecular complexity index is 595. The van der Waals surface area contributed by atoms with Gasteiger partial charge >= 0.3 is 0 Å². The summed E-state index contributed by atoms with van der Waals surface area (Å²) in [6.45, 7) is 3.21. The van der Waals surface area contributed by atoms with E-state index in [9.17, 15) is 4.79 Å². The lowest BCUT2D eigenvalue weighted by molar-refractivity contribution is -0.124. The summed E-state index contributed by atoms with van der Waals surface area (Å²) < 4.78 is 1.29. The maximum Gasteiger partial charge on any atom is 0.236 e. The van der Waals surface area contributed by atoms with Gasteiger partial charge in [-0.2, -0.15) is 0 Å². The van der Waals surface area contributed by atoms with Gasteiger partial charge in [0.15, 0.2) is 0 Å². The minimum atomic E-state index is -0.244. The van der Waals surface area contributed by atoms with Crippen molar-refractivity contribution < 1.29 is 4.79 Å². The quantitative estimate of drug-likeness (QED) is 0.884. The first-order valence-corrected chi connectivity index (χ1v) is 7.33. The first-order chi connectivity index (χ1) is 9.25. The Labute approximate surface area is 116 Å². The highest BCUT2D eigenvalue weighted by Crippen LogP contribution is 2.27. The molecule has 2 heterocycles. The van der Waals surface area contributed by atoms with Gasteiger partial charge in [-0.3, -0.25) is 9.69 Å². The number of hydrogen-bond donors (Lipinski definition) is 2. The SMILES string of the molecule is NC(=O)C1CNCCN1Cc1csc2ccccc12. The average Bonchev–Trinajstić information content (AvgIpc) is 2.83. The van der Waals surface area contributed by atoms with Crippen LogP contribution in [0.1, 0.15) is 5.56 Å². The van der Waals surface area contributed by atoms with Crippen molar-refractivity contribution in [3.63, 3.8) is 0 Å². The summed E-state index contributed by atoms with van der Waals surface area (Å²) in [4.78, 5) is 13.7. The molecule has 3 rings (SSSR count). The Morgan fingerprint density at radius 3 is 3.16 bits per heavy atom. The molecule has 5 heteroatoms. The smallest absolute Gasteiger partial charge is 0.236 e. The van der Waals surface area contributed by atoms with E-state index in [-0.39, 0.29) is 11.9 Å². The van der Waals surface area contributed by atoms with Crippen molar-refractivity contribution in [2.45, 2.75) is 12.6 Å². The van der Waals surface area contributed by atoms with Gasteiger partial charge in [0, 0.05) is 30.9 Å². The Balaban J connectivity index is 1.85. The minimum absolute atomic E-state index is 0.201. The van der Waals surface area contributed by atoms with E-state index >= 15 is 0 Å². The van der Waals surface area contributed by atoms with E-state index in [4.69, 9.17) is 5.73 Å². The van der Waals surface area contributed by atoms with Crippen LogP contribution in [0.4, 0.5) is 0 Å². The summed E-state index contributed by atoms with van der Waals surface area (Å²) >= 11 is 1.75. The molecule has 2 aromatic rings. The van der Waals surface area contributed by atoms with E-state index in [1.807, 2.05) is 0 Å². The fourth-order valence-corrected chi connectivity index (χ4v) is 3.54. The van der Waals surface area contributed by atoms with Crippen LogP contribution in [0.25, 0.3) is 10.1 Å². The highest BCUT2D eigenvalue weighted by Gasteiger charge is 2.27. The summed E-state index contributed by atoms with van der Waals surface area (Å²) in [5.41, 5.74) is 6.77. The van der Waals surface area contributed by atoms with Crippen LogP contribution in [-0.2, 0) is 11.3 Å². The molecule has 1 aromatic heterocycles. The van der Waals surface area contributed by atoms with Gasteiger partial charge in [0.2, 0.25) is 5.91 Å². The summed E-state index contributed by atoms with van der Waals surface area (Å²) in [5, 5.41) is 6.69. The predicted octanol–water partition coefficient (Wildman–Crippen LogP) is 1.16. The number of rotatable bonds is 3. The van der Waals surface area contributed by atoms with Gasteiger partial charge in [0.25, 0.3) is 0 Å². The number of hydrogen-bond acceptors (Lipinski definition) is 4. The lowest BCUT2D eigenvalue weighted by Gasteiger charge is -2.33. The molecule has 19 heavy (non-hydrogen) atoms. The third-order valence-electron chi connectivity index (χ3n) is 3.62. The van der Waals surface area contributed by atoms with Gasteiger partial charge in [-0.1, -0.05) is 18.2 Å². The van der Waals surface area contributed by atoms with Crippen molar-refractivity contribution in [1.82, 2.24) is 10.2 Å². The van der Waals surface area contributed by atoms with Crippen LogP contribution < -0.4 is 11.1 Å². The maximum absolute atomic E-state index is 11.5. The number of nitrogens with one attached hydrogen (secondary N) is 1. The second kappa shape index (κ2) is 5.28. The number of thiophene rings is 1. The number of carbonyl (C=O) groups is 1. The van der Waals surface area contributed by atoms with E-state index in [1.54, 1.807) is 11.3 Å². The molecular weight excluding hydrogens is 258 g/mol. The molecule has 1 fully saturated rings. The van der Waals surface area contributed by atoms with Crippen LogP contribution in [0.2, 0.25) is 0 Å². The van der Waals surface area contributed by atoms with Gasteiger partial charge in [0.1, 0.15) is 6.04 Å². The molecule has 0 aliphatic carbocycles. The van der Waals surface area contributed by atoms with Crippen LogP contribution in [0.3, 0.4) is 0 Å². The predicted molar refractivity (Wildman–Crippen MR) is 78.1 cm³/mol. The molecule has 1 unspecified atom stereocenters. The molecule has 1 atom stereocenters. The summed E-state index contributed by atoms with van der Waals surface area (Å²) in [6, 6.07) is 8.18. The number of carbonyl (C=O) groups excluding carboxylic acids is 1. The zero-order valence-corrected chi connectivity index (χ0v) is 11.5. The summed E-state index contributed by atoms with van der Waals surface area (Å²) in [5.74, 6) is -0.244. The highest BCUT2D eigenvalue weighted by molar-refractivity contribution is 7.17. The van der Waals surface area contributed by atoms with Crippen LogP contribution >= 0.6 is 11.3 Å². The molecule has 1 aromatic carbocycles. The summed E-state index contributed by atoms with van der Waals surface area (Å²) in [6.07, 6.45) is 0. The van der Waals surface area contributed by atoms with Crippen LogP contribution in [-0.4, -0.2) is 36.5 Å². The topological polar surface area (TPSA) is 58.4 Å². The number of fused-ring (bicyclic) bond motifs is 1. The molecule has 0 saturated carbocycles. The molecular formula is C14H17N3OS. The fourth-order valence-electron chi connectivity index (χ4n) is 2.59. The minimum Gasteiger partial charge on any atom is -0.368 e. The molecule has 1 amide bonds. The monoisotopic (exact) mass is 275 g/mol. The zero-order valence-electron chi connectivity index (χ0n) is 10.6. The highest BCUT2D eigenvalue weighted by atomic mass is 32.1. The Hall–Kier alpha value is -1.43. The average molecular weight is 275 g/mol. The first kappa shape index (κ1) is 12.6.